The molecule has 0 unspecified atom stereocenters. The van der Waals surface area contributed by atoms with E-state index in [1.165, 1.54) is 39.1 Å². The van der Waals surface area contributed by atoms with Crippen molar-refractivity contribution in [2.45, 2.75) is 26.7 Å². The van der Waals surface area contributed by atoms with E-state index in [0.717, 1.165) is 0 Å². The van der Waals surface area contributed by atoms with Crippen LogP contribution < -0.4 is 5.32 Å². The van der Waals surface area contributed by atoms with Crippen LogP contribution in [0.4, 0.5) is 0 Å². The predicted molar refractivity (Wildman–Crippen MR) is 66.3 cm³/mol. The first kappa shape index (κ1) is 15.8. The zero-order valence-corrected chi connectivity index (χ0v) is 11.1. The molecule has 0 atom stereocenters. The van der Waals surface area contributed by atoms with E-state index < -0.39 is 10.1 Å². The monoisotopic (exact) mass is 252 g/mol. The van der Waals surface area contributed by atoms with Crippen LogP contribution in [0.2, 0.25) is 0 Å². The lowest BCUT2D eigenvalue weighted by Gasteiger charge is -2.26. The smallest absolute Gasteiger partial charge is 0.264 e. The Kier molecular flexibility index (Phi) is 8.83. The maximum absolute atomic E-state index is 9.79. The van der Waals surface area contributed by atoms with Crippen LogP contribution in [0, 0.1) is 0 Å². The molecule has 0 aliphatic carbocycles. The predicted octanol–water partition coefficient (Wildman–Crippen LogP) is 0.586. The molecule has 0 aromatic carbocycles. The van der Waals surface area contributed by atoms with E-state index in [0.29, 0.717) is 6.42 Å². The van der Waals surface area contributed by atoms with E-state index in [1.54, 1.807) is 6.92 Å². The van der Waals surface area contributed by atoms with Crippen molar-refractivity contribution < 1.29 is 13.0 Å². The van der Waals surface area contributed by atoms with Crippen molar-refractivity contribution in [1.82, 2.24) is 10.2 Å². The van der Waals surface area contributed by atoms with E-state index in [9.17, 15) is 8.42 Å². The summed E-state index contributed by atoms with van der Waals surface area (Å²) in [5, 5.41) is 3.33. The van der Waals surface area contributed by atoms with Gasteiger partial charge in [-0.1, -0.05) is 13.8 Å². The largest absolute Gasteiger partial charge is 0.314 e. The van der Waals surface area contributed by atoms with Crippen LogP contribution in [0.25, 0.3) is 0 Å². The Morgan fingerprint density at radius 3 is 2.06 bits per heavy atom. The summed E-state index contributed by atoms with van der Waals surface area (Å²) in [6.45, 7) is 10.1. The van der Waals surface area contributed by atoms with Gasteiger partial charge in [-0.3, -0.25) is 4.55 Å². The van der Waals surface area contributed by atoms with Gasteiger partial charge in [0.1, 0.15) is 0 Å². The fourth-order valence-electron chi connectivity index (χ4n) is 1.51. The van der Waals surface area contributed by atoms with Crippen LogP contribution in [0.15, 0.2) is 0 Å². The van der Waals surface area contributed by atoms with Crippen molar-refractivity contribution >= 4 is 10.1 Å². The summed E-state index contributed by atoms with van der Waals surface area (Å²) < 4.78 is 27.6. The molecule has 0 saturated carbocycles. The number of nitrogens with zero attached hydrogens (tertiary/aromatic N) is 1. The van der Waals surface area contributed by atoms with Gasteiger partial charge in [0, 0.05) is 26.2 Å². The number of nitrogens with one attached hydrogen (secondary N) is 1. The summed E-state index contributed by atoms with van der Waals surface area (Å²) in [4.78, 5) is 2.51. The zero-order chi connectivity index (χ0) is 12.4. The highest BCUT2D eigenvalue weighted by molar-refractivity contribution is 7.85. The van der Waals surface area contributed by atoms with Crippen LogP contribution in [-0.2, 0) is 10.1 Å². The molecule has 2 N–H and O–H groups in total. The highest BCUT2D eigenvalue weighted by atomic mass is 32.2. The van der Waals surface area contributed by atoms with Crippen LogP contribution >= 0.6 is 0 Å². The Labute approximate surface area is 99.0 Å². The summed E-state index contributed by atoms with van der Waals surface area (Å²) in [6, 6.07) is 0. The molecule has 5 nitrogen and oxygen atoms in total. The molecule has 0 spiro atoms. The molecule has 98 valence electrons. The Hall–Kier alpha value is -0.170. The van der Waals surface area contributed by atoms with E-state index >= 15 is 0 Å². The van der Waals surface area contributed by atoms with Crippen LogP contribution in [-0.4, -0.2) is 56.3 Å². The summed E-state index contributed by atoms with van der Waals surface area (Å²) in [5.74, 6) is -0.132. The molecule has 0 aromatic heterocycles. The highest BCUT2D eigenvalue weighted by Crippen LogP contribution is 1.92. The van der Waals surface area contributed by atoms with Gasteiger partial charge < -0.3 is 10.2 Å². The number of rotatable bonds is 4. The lowest BCUT2D eigenvalue weighted by molar-refractivity contribution is 0.241. The molecule has 1 saturated heterocycles. The van der Waals surface area contributed by atoms with Crippen molar-refractivity contribution in [3.05, 3.63) is 0 Å². The second kappa shape index (κ2) is 8.92. The van der Waals surface area contributed by atoms with Crippen molar-refractivity contribution in [3.63, 3.8) is 0 Å². The Morgan fingerprint density at radius 1 is 1.19 bits per heavy atom. The molecule has 1 aliphatic heterocycles. The summed E-state index contributed by atoms with van der Waals surface area (Å²) in [7, 11) is -3.67. The SMILES string of the molecule is CCCN1CCNCC1.CCCS(=O)(=O)O. The van der Waals surface area contributed by atoms with Gasteiger partial charge in [-0.15, -0.1) is 0 Å². The third-order valence-electron chi connectivity index (χ3n) is 2.21. The van der Waals surface area contributed by atoms with E-state index in [-0.39, 0.29) is 5.75 Å². The molecule has 0 aromatic rings. The molecule has 0 radical (unpaired) electrons. The normalized spacial score (nSPS) is 17.7. The second-order valence-electron chi connectivity index (χ2n) is 3.88. The minimum Gasteiger partial charge on any atom is -0.314 e. The summed E-state index contributed by atoms with van der Waals surface area (Å²) in [5.41, 5.74) is 0. The highest BCUT2D eigenvalue weighted by Gasteiger charge is 2.06. The van der Waals surface area contributed by atoms with Gasteiger partial charge >= 0.3 is 0 Å². The van der Waals surface area contributed by atoms with Crippen molar-refractivity contribution in [1.29, 1.82) is 0 Å². The first-order valence-corrected chi connectivity index (χ1v) is 7.48. The molecule has 0 amide bonds. The molecule has 1 rings (SSSR count). The maximum atomic E-state index is 9.79. The number of piperazine rings is 1. The molecular formula is C10H24N2O3S. The van der Waals surface area contributed by atoms with E-state index in [1.807, 2.05) is 0 Å². The van der Waals surface area contributed by atoms with E-state index in [4.69, 9.17) is 4.55 Å². The Morgan fingerprint density at radius 2 is 1.75 bits per heavy atom. The third-order valence-corrected chi connectivity index (χ3v) is 3.14. The fraction of sp³-hybridized carbons (Fsp3) is 1.00. The van der Waals surface area contributed by atoms with Gasteiger partial charge in [0.25, 0.3) is 10.1 Å². The van der Waals surface area contributed by atoms with Gasteiger partial charge in [0.2, 0.25) is 0 Å². The fourth-order valence-corrected chi connectivity index (χ4v) is 2.02. The van der Waals surface area contributed by atoms with Crippen molar-refractivity contribution in [2.75, 3.05) is 38.5 Å². The topological polar surface area (TPSA) is 69.6 Å². The molecular weight excluding hydrogens is 228 g/mol. The number of hydrogen-bond acceptors (Lipinski definition) is 4. The lowest BCUT2D eigenvalue weighted by atomic mass is 10.3. The quantitative estimate of drug-likeness (QED) is 0.717. The number of hydrogen-bond donors (Lipinski definition) is 2. The van der Waals surface area contributed by atoms with Crippen molar-refractivity contribution in [3.8, 4) is 0 Å². The van der Waals surface area contributed by atoms with Gasteiger partial charge in [-0.05, 0) is 19.4 Å². The lowest BCUT2D eigenvalue weighted by Crippen LogP contribution is -2.43. The van der Waals surface area contributed by atoms with E-state index in [2.05, 4.69) is 17.1 Å². The van der Waals surface area contributed by atoms with Crippen LogP contribution in [0.3, 0.4) is 0 Å². The molecule has 6 heteroatoms. The Balaban J connectivity index is 0.000000293. The first-order chi connectivity index (χ1) is 7.49. The minimum absolute atomic E-state index is 0.132. The van der Waals surface area contributed by atoms with Gasteiger partial charge in [-0.25, -0.2) is 0 Å². The second-order valence-corrected chi connectivity index (χ2v) is 5.45. The van der Waals surface area contributed by atoms with Crippen LogP contribution in [0.1, 0.15) is 26.7 Å². The van der Waals surface area contributed by atoms with Gasteiger partial charge in [0.05, 0.1) is 5.75 Å². The molecule has 1 heterocycles. The minimum atomic E-state index is -3.67. The molecule has 0 bridgehead atoms. The molecule has 1 aliphatic rings. The summed E-state index contributed by atoms with van der Waals surface area (Å²) >= 11 is 0. The Bertz CT molecular complexity index is 246. The van der Waals surface area contributed by atoms with Gasteiger partial charge in [-0.2, -0.15) is 8.42 Å². The standard InChI is InChI=1S/C7H16N2.C3H8O3S/c1-2-5-9-6-3-8-4-7-9;1-2-3-7(4,5)6/h8H,2-7H2,1H3;2-3H2,1H3,(H,4,5,6). The molecule has 1 fully saturated rings. The maximum Gasteiger partial charge on any atom is 0.264 e. The zero-order valence-electron chi connectivity index (χ0n) is 10.3. The average molecular weight is 252 g/mol. The van der Waals surface area contributed by atoms with Gasteiger partial charge in [0.15, 0.2) is 0 Å². The average Bonchev–Trinajstić information content (AvgIpc) is 2.19. The first-order valence-electron chi connectivity index (χ1n) is 5.87. The third kappa shape index (κ3) is 10.4. The van der Waals surface area contributed by atoms with Crippen LogP contribution in [0.5, 0.6) is 0 Å². The summed E-state index contributed by atoms with van der Waals surface area (Å²) in [6.07, 6.45) is 1.76. The molecule has 16 heavy (non-hydrogen) atoms. The van der Waals surface area contributed by atoms with Crippen molar-refractivity contribution in [2.24, 2.45) is 0 Å².